The van der Waals surface area contributed by atoms with Gasteiger partial charge in [-0.2, -0.15) is 0 Å². The number of nitrogens with one attached hydrogen (secondary N) is 2. The molecule has 6 heteroatoms. The number of hydrogen-bond acceptors (Lipinski definition) is 4. The molecule has 1 aliphatic heterocycles. The molecule has 2 amide bonds. The zero-order valence-electron chi connectivity index (χ0n) is 14.4. The van der Waals surface area contributed by atoms with Crippen molar-refractivity contribution in [3.63, 3.8) is 0 Å². The summed E-state index contributed by atoms with van der Waals surface area (Å²) < 4.78 is 10.8. The van der Waals surface area contributed by atoms with E-state index in [0.717, 1.165) is 0 Å². The summed E-state index contributed by atoms with van der Waals surface area (Å²) in [7, 11) is 1.57. The van der Waals surface area contributed by atoms with Crippen molar-refractivity contribution in [2.75, 3.05) is 24.4 Å². The molecule has 25 heavy (non-hydrogen) atoms. The van der Waals surface area contributed by atoms with Crippen LogP contribution >= 0.6 is 0 Å². The summed E-state index contributed by atoms with van der Waals surface area (Å²) in [5, 5.41) is 5.67. The van der Waals surface area contributed by atoms with Crippen molar-refractivity contribution in [1.29, 1.82) is 0 Å². The van der Waals surface area contributed by atoms with Gasteiger partial charge < -0.3 is 20.1 Å². The average Bonchev–Trinajstić information content (AvgIpc) is 2.72. The summed E-state index contributed by atoms with van der Waals surface area (Å²) in [6.07, 6.45) is 0. The minimum Gasteiger partial charge on any atom is -0.497 e. The van der Waals surface area contributed by atoms with E-state index in [-0.39, 0.29) is 18.4 Å². The first-order chi connectivity index (χ1) is 11.9. The first-order valence-corrected chi connectivity index (χ1v) is 7.93. The van der Waals surface area contributed by atoms with Gasteiger partial charge in [0, 0.05) is 17.3 Å². The van der Waals surface area contributed by atoms with Gasteiger partial charge in [0.25, 0.3) is 5.91 Å². The number of carbonyl (C=O) groups excluding carboxylic acids is 2. The molecule has 0 spiro atoms. The van der Waals surface area contributed by atoms with E-state index in [0.29, 0.717) is 28.4 Å². The van der Waals surface area contributed by atoms with Crippen LogP contribution in [0.2, 0.25) is 0 Å². The van der Waals surface area contributed by atoms with Crippen LogP contribution in [0.5, 0.6) is 11.5 Å². The second kappa shape index (κ2) is 6.47. The normalized spacial score (nSPS) is 15.2. The monoisotopic (exact) mass is 340 g/mol. The maximum Gasteiger partial charge on any atom is 0.255 e. The largest absolute Gasteiger partial charge is 0.497 e. The van der Waals surface area contributed by atoms with Crippen LogP contribution in [0, 0.1) is 5.41 Å². The molecule has 3 rings (SSSR count). The molecule has 130 valence electrons. The average molecular weight is 340 g/mol. The number of amides is 2. The van der Waals surface area contributed by atoms with Crippen LogP contribution in [0.3, 0.4) is 0 Å². The zero-order chi connectivity index (χ0) is 18.0. The van der Waals surface area contributed by atoms with Crippen molar-refractivity contribution < 1.29 is 19.1 Å². The van der Waals surface area contributed by atoms with Crippen LogP contribution in [0.1, 0.15) is 24.2 Å². The lowest BCUT2D eigenvalue weighted by Crippen LogP contribution is -2.33. The fraction of sp³-hybridized carbons (Fsp3) is 0.263. The molecule has 1 aliphatic rings. The smallest absolute Gasteiger partial charge is 0.255 e. The topological polar surface area (TPSA) is 76.7 Å². The number of benzene rings is 2. The molecule has 0 atom stereocenters. The Morgan fingerprint density at radius 1 is 1.20 bits per heavy atom. The maximum absolute atomic E-state index is 12.3. The lowest BCUT2D eigenvalue weighted by Gasteiger charge is -2.18. The molecular formula is C19H20N2O4. The molecule has 0 unspecified atom stereocenters. The van der Waals surface area contributed by atoms with Gasteiger partial charge in [-0.25, -0.2) is 0 Å². The van der Waals surface area contributed by atoms with Crippen LogP contribution in [-0.2, 0) is 4.79 Å². The van der Waals surface area contributed by atoms with E-state index in [9.17, 15) is 9.59 Å². The minimum absolute atomic E-state index is 0.0960. The van der Waals surface area contributed by atoms with Gasteiger partial charge >= 0.3 is 0 Å². The minimum atomic E-state index is -0.620. The van der Waals surface area contributed by atoms with E-state index in [1.54, 1.807) is 49.6 Å². The van der Waals surface area contributed by atoms with Crippen molar-refractivity contribution >= 4 is 23.2 Å². The van der Waals surface area contributed by atoms with Crippen molar-refractivity contribution in [3.8, 4) is 11.5 Å². The Bertz CT molecular complexity index is 813. The molecule has 6 nitrogen and oxygen atoms in total. The third kappa shape index (κ3) is 3.57. The molecule has 0 aliphatic carbocycles. The number of rotatable bonds is 3. The van der Waals surface area contributed by atoms with Crippen molar-refractivity contribution in [2.45, 2.75) is 13.8 Å². The maximum atomic E-state index is 12.3. The molecule has 0 bridgehead atoms. The second-order valence-corrected chi connectivity index (χ2v) is 6.52. The fourth-order valence-electron chi connectivity index (χ4n) is 2.38. The number of ether oxygens (including phenoxy) is 2. The number of fused-ring (bicyclic) bond motifs is 1. The number of carbonyl (C=O) groups is 2. The Hall–Kier alpha value is -3.02. The Kier molecular flexibility index (Phi) is 4.35. The molecule has 2 N–H and O–H groups in total. The van der Waals surface area contributed by atoms with Crippen LogP contribution < -0.4 is 20.1 Å². The third-order valence-electron chi connectivity index (χ3n) is 4.04. The number of hydrogen-bond donors (Lipinski definition) is 2. The van der Waals surface area contributed by atoms with Crippen LogP contribution in [-0.4, -0.2) is 25.5 Å². The first kappa shape index (κ1) is 16.8. The Balaban J connectivity index is 1.77. The van der Waals surface area contributed by atoms with Gasteiger partial charge in [0.05, 0.1) is 18.2 Å². The van der Waals surface area contributed by atoms with Crippen molar-refractivity contribution in [1.82, 2.24) is 0 Å². The standard InChI is InChI=1S/C19H20N2O4/c1-19(2)11-25-16-10-13(6-9-15(16)21-18(19)23)20-17(22)12-4-7-14(24-3)8-5-12/h4-10H,11H2,1-3H3,(H,20,22)(H,21,23). The van der Waals surface area contributed by atoms with Crippen LogP contribution in [0.15, 0.2) is 42.5 Å². The summed E-state index contributed by atoms with van der Waals surface area (Å²) in [5.74, 6) is 0.890. The summed E-state index contributed by atoms with van der Waals surface area (Å²) in [4.78, 5) is 24.5. The van der Waals surface area contributed by atoms with Gasteiger partial charge in [-0.05, 0) is 50.2 Å². The van der Waals surface area contributed by atoms with E-state index in [4.69, 9.17) is 9.47 Å². The second-order valence-electron chi connectivity index (χ2n) is 6.52. The highest BCUT2D eigenvalue weighted by Gasteiger charge is 2.32. The van der Waals surface area contributed by atoms with Crippen molar-refractivity contribution in [3.05, 3.63) is 48.0 Å². The summed E-state index contributed by atoms with van der Waals surface area (Å²) in [6.45, 7) is 3.91. The van der Waals surface area contributed by atoms with Gasteiger partial charge in [-0.3, -0.25) is 9.59 Å². The third-order valence-corrected chi connectivity index (χ3v) is 4.04. The predicted octanol–water partition coefficient (Wildman–Crippen LogP) is 3.30. The van der Waals surface area contributed by atoms with Crippen molar-refractivity contribution in [2.24, 2.45) is 5.41 Å². The van der Waals surface area contributed by atoms with Gasteiger partial charge in [0.2, 0.25) is 5.91 Å². The molecule has 0 saturated heterocycles. The number of anilines is 2. The molecular weight excluding hydrogens is 320 g/mol. The van der Waals surface area contributed by atoms with E-state index < -0.39 is 5.41 Å². The van der Waals surface area contributed by atoms with Gasteiger partial charge in [0.15, 0.2) is 0 Å². The summed E-state index contributed by atoms with van der Waals surface area (Å²) >= 11 is 0. The lowest BCUT2D eigenvalue weighted by atomic mass is 9.94. The Morgan fingerprint density at radius 2 is 1.92 bits per heavy atom. The number of methoxy groups -OCH3 is 1. The lowest BCUT2D eigenvalue weighted by molar-refractivity contribution is -0.124. The van der Waals surface area contributed by atoms with Crippen LogP contribution in [0.4, 0.5) is 11.4 Å². The molecule has 2 aromatic carbocycles. The predicted molar refractivity (Wildman–Crippen MR) is 95.3 cm³/mol. The summed E-state index contributed by atoms with van der Waals surface area (Å²) in [6, 6.07) is 12.0. The van der Waals surface area contributed by atoms with E-state index in [2.05, 4.69) is 10.6 Å². The zero-order valence-corrected chi connectivity index (χ0v) is 14.4. The van der Waals surface area contributed by atoms with Crippen LogP contribution in [0.25, 0.3) is 0 Å². The Labute approximate surface area is 146 Å². The van der Waals surface area contributed by atoms with Gasteiger partial charge in [-0.1, -0.05) is 0 Å². The van der Waals surface area contributed by atoms with E-state index in [1.165, 1.54) is 0 Å². The SMILES string of the molecule is COc1ccc(C(=O)Nc2ccc3c(c2)OCC(C)(C)C(=O)N3)cc1. The molecule has 0 aromatic heterocycles. The van der Waals surface area contributed by atoms with Gasteiger partial charge in [0.1, 0.15) is 18.1 Å². The highest BCUT2D eigenvalue weighted by Crippen LogP contribution is 2.34. The highest BCUT2D eigenvalue weighted by atomic mass is 16.5. The molecule has 0 fully saturated rings. The van der Waals surface area contributed by atoms with Gasteiger partial charge in [-0.15, -0.1) is 0 Å². The van der Waals surface area contributed by atoms with E-state index in [1.807, 2.05) is 13.8 Å². The highest BCUT2D eigenvalue weighted by molar-refractivity contribution is 6.05. The molecule has 2 aromatic rings. The first-order valence-electron chi connectivity index (χ1n) is 7.93. The molecule has 0 saturated carbocycles. The Morgan fingerprint density at radius 3 is 2.60 bits per heavy atom. The molecule has 1 heterocycles. The molecule has 0 radical (unpaired) electrons. The quantitative estimate of drug-likeness (QED) is 0.899. The van der Waals surface area contributed by atoms with E-state index >= 15 is 0 Å². The fourth-order valence-corrected chi connectivity index (χ4v) is 2.38. The summed E-state index contributed by atoms with van der Waals surface area (Å²) in [5.41, 5.74) is 1.09.